The fraction of sp³-hybridized carbons (Fsp3) is 0.300. The summed E-state index contributed by atoms with van der Waals surface area (Å²) in [5.41, 5.74) is 1.34. The van der Waals surface area contributed by atoms with Gasteiger partial charge in [-0.25, -0.2) is 13.2 Å². The SMILES string of the molecule is Cn1c(=O)n(C)c2cc(S(=O)(=O)Nc3ccc(C(=O)NC(C)(C)C)cc3)ccc21. The lowest BCUT2D eigenvalue weighted by molar-refractivity contribution is 0.0919. The van der Waals surface area contributed by atoms with Crippen LogP contribution >= 0.6 is 0 Å². The number of imidazole rings is 1. The molecular weight excluding hydrogens is 392 g/mol. The van der Waals surface area contributed by atoms with Crippen LogP contribution in [0.1, 0.15) is 31.1 Å². The quantitative estimate of drug-likeness (QED) is 0.681. The zero-order chi connectivity index (χ0) is 21.6. The van der Waals surface area contributed by atoms with Gasteiger partial charge in [-0.1, -0.05) is 0 Å². The lowest BCUT2D eigenvalue weighted by atomic mass is 10.1. The lowest BCUT2D eigenvalue weighted by Crippen LogP contribution is -2.40. The Bertz CT molecular complexity index is 1250. The minimum Gasteiger partial charge on any atom is -0.347 e. The van der Waals surface area contributed by atoms with Crippen molar-refractivity contribution in [3.05, 3.63) is 58.5 Å². The van der Waals surface area contributed by atoms with Crippen molar-refractivity contribution in [2.24, 2.45) is 14.1 Å². The van der Waals surface area contributed by atoms with Crippen LogP contribution in [0.25, 0.3) is 11.0 Å². The maximum absolute atomic E-state index is 12.8. The molecule has 1 heterocycles. The molecule has 0 atom stereocenters. The zero-order valence-electron chi connectivity index (χ0n) is 17.0. The molecule has 29 heavy (non-hydrogen) atoms. The summed E-state index contributed by atoms with van der Waals surface area (Å²) in [7, 11) is -0.636. The normalized spacial score (nSPS) is 12.2. The van der Waals surface area contributed by atoms with Gasteiger partial charge in [-0.2, -0.15) is 0 Å². The number of hydrogen-bond donors (Lipinski definition) is 2. The Morgan fingerprint density at radius 3 is 2.10 bits per heavy atom. The van der Waals surface area contributed by atoms with Crippen molar-refractivity contribution in [2.45, 2.75) is 31.2 Å². The molecule has 0 aliphatic heterocycles. The minimum absolute atomic E-state index is 0.0424. The van der Waals surface area contributed by atoms with E-state index in [9.17, 15) is 18.0 Å². The highest BCUT2D eigenvalue weighted by molar-refractivity contribution is 7.92. The Morgan fingerprint density at radius 2 is 1.52 bits per heavy atom. The Hall–Kier alpha value is -3.07. The number of hydrogen-bond acceptors (Lipinski definition) is 4. The summed E-state index contributed by atoms with van der Waals surface area (Å²) in [6.07, 6.45) is 0. The topological polar surface area (TPSA) is 102 Å². The molecule has 1 amide bonds. The Labute approximate surface area is 169 Å². The summed E-state index contributed by atoms with van der Waals surface area (Å²) in [5, 5.41) is 2.85. The van der Waals surface area contributed by atoms with E-state index in [0.29, 0.717) is 22.3 Å². The van der Waals surface area contributed by atoms with Crippen LogP contribution < -0.4 is 15.7 Å². The van der Waals surface area contributed by atoms with Crippen LogP contribution in [0.3, 0.4) is 0 Å². The van der Waals surface area contributed by atoms with E-state index in [-0.39, 0.29) is 22.0 Å². The van der Waals surface area contributed by atoms with Crippen molar-refractivity contribution >= 4 is 32.7 Å². The Kier molecular flexibility index (Phi) is 5.04. The van der Waals surface area contributed by atoms with Gasteiger partial charge in [0.2, 0.25) is 0 Å². The van der Waals surface area contributed by atoms with E-state index in [0.717, 1.165) is 0 Å². The van der Waals surface area contributed by atoms with Crippen molar-refractivity contribution < 1.29 is 13.2 Å². The number of benzene rings is 2. The fourth-order valence-electron chi connectivity index (χ4n) is 2.97. The molecule has 0 unspecified atom stereocenters. The standard InChI is InChI=1S/C20H24N4O4S/c1-20(2,3)21-18(25)13-6-8-14(9-7-13)22-29(27,28)15-10-11-16-17(12-15)24(5)19(26)23(16)4/h6-12,22H,1-5H3,(H,21,25). The first kappa shape index (κ1) is 20.7. The first-order chi connectivity index (χ1) is 13.4. The molecule has 0 bridgehead atoms. The zero-order valence-corrected chi connectivity index (χ0v) is 17.8. The Morgan fingerprint density at radius 1 is 0.931 bits per heavy atom. The second-order valence-electron chi connectivity index (χ2n) is 7.94. The van der Waals surface area contributed by atoms with E-state index < -0.39 is 10.0 Å². The summed E-state index contributed by atoms with van der Waals surface area (Å²) in [4.78, 5) is 24.3. The number of fused-ring (bicyclic) bond motifs is 1. The van der Waals surface area contributed by atoms with Crippen molar-refractivity contribution in [1.29, 1.82) is 0 Å². The number of anilines is 1. The first-order valence-electron chi connectivity index (χ1n) is 9.00. The number of nitrogens with one attached hydrogen (secondary N) is 2. The highest BCUT2D eigenvalue weighted by atomic mass is 32.2. The second-order valence-corrected chi connectivity index (χ2v) is 9.62. The van der Waals surface area contributed by atoms with Crippen molar-refractivity contribution in [3.63, 3.8) is 0 Å². The predicted octanol–water partition coefficient (Wildman–Crippen LogP) is 2.21. The molecule has 0 saturated carbocycles. The molecule has 1 aromatic heterocycles. The average Bonchev–Trinajstić information content (AvgIpc) is 2.84. The van der Waals surface area contributed by atoms with Crippen molar-refractivity contribution in [3.8, 4) is 0 Å². The third-order valence-corrected chi connectivity index (χ3v) is 5.82. The van der Waals surface area contributed by atoms with Gasteiger partial charge in [-0.05, 0) is 63.2 Å². The van der Waals surface area contributed by atoms with Gasteiger partial charge in [0.25, 0.3) is 15.9 Å². The van der Waals surface area contributed by atoms with Crippen LogP contribution in [0.15, 0.2) is 52.2 Å². The van der Waals surface area contributed by atoms with Gasteiger partial charge in [-0.3, -0.25) is 18.7 Å². The van der Waals surface area contributed by atoms with Crippen molar-refractivity contribution in [1.82, 2.24) is 14.5 Å². The van der Waals surface area contributed by atoms with Crippen LogP contribution in [-0.4, -0.2) is 29.0 Å². The first-order valence-corrected chi connectivity index (χ1v) is 10.5. The molecule has 0 saturated heterocycles. The summed E-state index contributed by atoms with van der Waals surface area (Å²) >= 11 is 0. The summed E-state index contributed by atoms with van der Waals surface area (Å²) < 4.78 is 30.9. The van der Waals surface area contributed by atoms with E-state index in [2.05, 4.69) is 10.0 Å². The minimum atomic E-state index is -3.86. The van der Waals surface area contributed by atoms with E-state index >= 15 is 0 Å². The molecule has 2 aromatic carbocycles. The lowest BCUT2D eigenvalue weighted by Gasteiger charge is -2.20. The average molecular weight is 417 g/mol. The van der Waals surface area contributed by atoms with Gasteiger partial charge in [0.05, 0.1) is 15.9 Å². The molecule has 0 aliphatic rings. The molecule has 154 valence electrons. The molecule has 2 N–H and O–H groups in total. The van der Waals surface area contributed by atoms with Crippen molar-refractivity contribution in [2.75, 3.05) is 4.72 Å². The van der Waals surface area contributed by atoms with E-state index in [1.54, 1.807) is 32.3 Å². The van der Waals surface area contributed by atoms with Gasteiger partial charge in [0, 0.05) is 30.9 Å². The Balaban J connectivity index is 1.86. The summed E-state index contributed by atoms with van der Waals surface area (Å²) in [6, 6.07) is 10.7. The van der Waals surface area contributed by atoms with E-state index in [1.807, 2.05) is 20.8 Å². The number of nitrogens with zero attached hydrogens (tertiary/aromatic N) is 2. The van der Waals surface area contributed by atoms with Crippen LogP contribution in [0, 0.1) is 0 Å². The molecule has 9 heteroatoms. The fourth-order valence-corrected chi connectivity index (χ4v) is 4.05. The van der Waals surface area contributed by atoms with Crippen LogP contribution in [0.5, 0.6) is 0 Å². The number of aryl methyl sites for hydroxylation is 2. The molecular formula is C20H24N4O4S. The molecule has 3 rings (SSSR count). The number of aromatic nitrogens is 2. The maximum Gasteiger partial charge on any atom is 0.328 e. The van der Waals surface area contributed by atoms with Crippen LogP contribution in [-0.2, 0) is 24.1 Å². The van der Waals surface area contributed by atoms with E-state index in [4.69, 9.17) is 0 Å². The highest BCUT2D eigenvalue weighted by Gasteiger charge is 2.18. The molecule has 0 radical (unpaired) electrons. The molecule has 8 nitrogen and oxygen atoms in total. The highest BCUT2D eigenvalue weighted by Crippen LogP contribution is 2.21. The number of amides is 1. The number of carbonyl (C=O) groups is 1. The van der Waals surface area contributed by atoms with E-state index in [1.165, 1.54) is 33.4 Å². The van der Waals surface area contributed by atoms with Crippen LogP contribution in [0.2, 0.25) is 0 Å². The molecule has 3 aromatic rings. The van der Waals surface area contributed by atoms with Gasteiger partial charge in [-0.15, -0.1) is 0 Å². The maximum atomic E-state index is 12.8. The van der Waals surface area contributed by atoms with Gasteiger partial charge in [0.1, 0.15) is 0 Å². The number of rotatable bonds is 4. The summed E-state index contributed by atoms with van der Waals surface area (Å²) in [6.45, 7) is 5.65. The monoisotopic (exact) mass is 416 g/mol. The number of sulfonamides is 1. The second kappa shape index (κ2) is 7.07. The molecule has 0 aliphatic carbocycles. The third kappa shape index (κ3) is 4.19. The largest absolute Gasteiger partial charge is 0.347 e. The third-order valence-electron chi connectivity index (χ3n) is 4.44. The van der Waals surface area contributed by atoms with Gasteiger partial charge in [0.15, 0.2) is 0 Å². The molecule has 0 spiro atoms. The van der Waals surface area contributed by atoms with Gasteiger partial charge >= 0.3 is 5.69 Å². The predicted molar refractivity (Wildman–Crippen MR) is 113 cm³/mol. The molecule has 0 fully saturated rings. The van der Waals surface area contributed by atoms with Crippen LogP contribution in [0.4, 0.5) is 5.69 Å². The summed E-state index contributed by atoms with van der Waals surface area (Å²) in [5.74, 6) is -0.234. The number of carbonyl (C=O) groups excluding carboxylic acids is 1. The van der Waals surface area contributed by atoms with Gasteiger partial charge < -0.3 is 5.32 Å². The smallest absolute Gasteiger partial charge is 0.328 e.